The second-order valence-corrected chi connectivity index (χ2v) is 4.79. The number of aliphatic hydroxyl groups excluding tert-OH is 1. The van der Waals surface area contributed by atoms with Crippen molar-refractivity contribution in [2.45, 2.75) is 45.6 Å². The van der Waals surface area contributed by atoms with Crippen LogP contribution in [0, 0.1) is 0 Å². The lowest BCUT2D eigenvalue weighted by Crippen LogP contribution is -2.23. The highest BCUT2D eigenvalue weighted by Crippen LogP contribution is 2.13. The predicted molar refractivity (Wildman–Crippen MR) is 77.7 cm³/mol. The highest BCUT2D eigenvalue weighted by Gasteiger charge is 2.05. The van der Waals surface area contributed by atoms with E-state index in [1.165, 1.54) is 5.56 Å². The number of ether oxygens (including phenoxy) is 2. The Morgan fingerprint density at radius 3 is 2.42 bits per heavy atom. The van der Waals surface area contributed by atoms with Gasteiger partial charge < -0.3 is 14.6 Å². The molecule has 1 atom stereocenters. The Labute approximate surface area is 116 Å². The second-order valence-electron chi connectivity index (χ2n) is 4.79. The number of hydrogen-bond donors (Lipinski definition) is 1. The molecule has 0 fully saturated rings. The van der Waals surface area contributed by atoms with Crippen molar-refractivity contribution in [2.75, 3.05) is 19.8 Å². The van der Waals surface area contributed by atoms with E-state index in [2.05, 4.69) is 26.0 Å². The van der Waals surface area contributed by atoms with E-state index >= 15 is 0 Å². The lowest BCUT2D eigenvalue weighted by atomic mass is 10.1. The Morgan fingerprint density at radius 2 is 1.79 bits per heavy atom. The molecule has 0 amide bonds. The summed E-state index contributed by atoms with van der Waals surface area (Å²) in [6.45, 7) is 5.61. The van der Waals surface area contributed by atoms with Crippen molar-refractivity contribution in [3.05, 3.63) is 29.8 Å². The van der Waals surface area contributed by atoms with Crippen LogP contribution in [0.2, 0.25) is 0 Å². The van der Waals surface area contributed by atoms with Gasteiger partial charge in [0.25, 0.3) is 0 Å². The molecule has 19 heavy (non-hydrogen) atoms. The average Bonchev–Trinajstić information content (AvgIpc) is 2.43. The Morgan fingerprint density at radius 1 is 1.05 bits per heavy atom. The molecule has 0 aliphatic carbocycles. The van der Waals surface area contributed by atoms with Crippen LogP contribution in [0.5, 0.6) is 5.75 Å². The monoisotopic (exact) mass is 266 g/mol. The first-order valence-corrected chi connectivity index (χ1v) is 7.23. The molecule has 0 aliphatic heterocycles. The number of hydrogen-bond acceptors (Lipinski definition) is 3. The Balaban J connectivity index is 2.20. The largest absolute Gasteiger partial charge is 0.491 e. The van der Waals surface area contributed by atoms with Crippen LogP contribution in [-0.4, -0.2) is 31.0 Å². The predicted octanol–water partition coefficient (Wildman–Crippen LogP) is 3.20. The van der Waals surface area contributed by atoms with E-state index in [4.69, 9.17) is 9.47 Å². The summed E-state index contributed by atoms with van der Waals surface area (Å²) in [5.74, 6) is 0.799. The molecule has 0 aromatic heterocycles. The van der Waals surface area contributed by atoms with E-state index < -0.39 is 6.10 Å². The lowest BCUT2D eigenvalue weighted by Gasteiger charge is -2.13. The van der Waals surface area contributed by atoms with Crippen LogP contribution in [0.25, 0.3) is 0 Å². The van der Waals surface area contributed by atoms with Crippen LogP contribution in [-0.2, 0) is 11.2 Å². The quantitative estimate of drug-likeness (QED) is 0.661. The number of aryl methyl sites for hydroxylation is 1. The minimum Gasteiger partial charge on any atom is -0.491 e. The molecule has 3 nitrogen and oxygen atoms in total. The van der Waals surface area contributed by atoms with E-state index in [1.807, 2.05) is 12.1 Å². The second kappa shape index (κ2) is 9.82. The van der Waals surface area contributed by atoms with Crippen molar-refractivity contribution < 1.29 is 14.6 Å². The summed E-state index contributed by atoms with van der Waals surface area (Å²) in [6.07, 6.45) is 3.82. The molecular formula is C16H26O3. The van der Waals surface area contributed by atoms with Gasteiger partial charge in [0.05, 0.1) is 6.61 Å². The maximum Gasteiger partial charge on any atom is 0.119 e. The topological polar surface area (TPSA) is 38.7 Å². The van der Waals surface area contributed by atoms with Crippen molar-refractivity contribution in [3.8, 4) is 5.75 Å². The number of benzene rings is 1. The summed E-state index contributed by atoms with van der Waals surface area (Å²) in [5, 5.41) is 9.70. The average molecular weight is 266 g/mol. The molecule has 108 valence electrons. The van der Waals surface area contributed by atoms with Crippen LogP contribution in [0.3, 0.4) is 0 Å². The van der Waals surface area contributed by atoms with Gasteiger partial charge in [-0.1, -0.05) is 38.8 Å². The summed E-state index contributed by atoms with van der Waals surface area (Å²) in [7, 11) is 0. The minimum atomic E-state index is -0.563. The van der Waals surface area contributed by atoms with Crippen LogP contribution >= 0.6 is 0 Å². The van der Waals surface area contributed by atoms with Crippen molar-refractivity contribution >= 4 is 0 Å². The van der Waals surface area contributed by atoms with Gasteiger partial charge in [0.15, 0.2) is 0 Å². The van der Waals surface area contributed by atoms with Gasteiger partial charge in [-0.3, -0.25) is 0 Å². The summed E-state index contributed by atoms with van der Waals surface area (Å²) < 4.78 is 10.9. The number of unbranched alkanes of at least 4 members (excludes halogenated alkanes) is 1. The zero-order valence-electron chi connectivity index (χ0n) is 12.1. The number of rotatable bonds is 10. The molecule has 0 saturated carbocycles. The summed E-state index contributed by atoms with van der Waals surface area (Å²) in [4.78, 5) is 0. The first-order chi connectivity index (χ1) is 9.26. The maximum absolute atomic E-state index is 9.70. The van der Waals surface area contributed by atoms with E-state index in [0.717, 1.165) is 31.4 Å². The van der Waals surface area contributed by atoms with Crippen molar-refractivity contribution in [1.29, 1.82) is 0 Å². The molecule has 0 bridgehead atoms. The van der Waals surface area contributed by atoms with E-state index in [-0.39, 0.29) is 6.61 Å². The van der Waals surface area contributed by atoms with E-state index in [9.17, 15) is 5.11 Å². The fourth-order valence-corrected chi connectivity index (χ4v) is 1.75. The van der Waals surface area contributed by atoms with Crippen molar-refractivity contribution in [2.24, 2.45) is 0 Å². The zero-order valence-corrected chi connectivity index (χ0v) is 12.1. The fourth-order valence-electron chi connectivity index (χ4n) is 1.75. The SMILES string of the molecule is CCCCOCC(O)COc1ccc(CCC)cc1. The van der Waals surface area contributed by atoms with Gasteiger partial charge >= 0.3 is 0 Å². The van der Waals surface area contributed by atoms with Gasteiger partial charge in [-0.2, -0.15) is 0 Å². The highest BCUT2D eigenvalue weighted by molar-refractivity contribution is 5.27. The molecule has 0 saturated heterocycles. The third-order valence-electron chi connectivity index (χ3n) is 2.86. The van der Waals surface area contributed by atoms with Gasteiger partial charge in [-0.25, -0.2) is 0 Å². The van der Waals surface area contributed by atoms with Crippen LogP contribution in [0.4, 0.5) is 0 Å². The molecule has 1 rings (SSSR count). The van der Waals surface area contributed by atoms with Gasteiger partial charge in [0.1, 0.15) is 18.5 Å². The van der Waals surface area contributed by atoms with Crippen LogP contribution < -0.4 is 4.74 Å². The first-order valence-electron chi connectivity index (χ1n) is 7.23. The van der Waals surface area contributed by atoms with Gasteiger partial charge in [0, 0.05) is 6.61 Å². The fraction of sp³-hybridized carbons (Fsp3) is 0.625. The molecule has 0 aliphatic rings. The molecule has 1 aromatic rings. The molecule has 0 radical (unpaired) electrons. The maximum atomic E-state index is 9.70. The van der Waals surface area contributed by atoms with Gasteiger partial charge in [-0.15, -0.1) is 0 Å². The highest BCUT2D eigenvalue weighted by atomic mass is 16.5. The van der Waals surface area contributed by atoms with Crippen LogP contribution in [0.1, 0.15) is 38.7 Å². The molecular weight excluding hydrogens is 240 g/mol. The third-order valence-corrected chi connectivity index (χ3v) is 2.86. The Bertz CT molecular complexity index is 321. The molecule has 0 heterocycles. The molecule has 1 aromatic carbocycles. The molecule has 3 heteroatoms. The molecule has 1 unspecified atom stereocenters. The normalized spacial score (nSPS) is 12.4. The Kier molecular flexibility index (Phi) is 8.26. The standard InChI is InChI=1S/C16H26O3/c1-3-5-11-18-12-15(17)13-19-16-9-7-14(6-4-2)8-10-16/h7-10,15,17H,3-6,11-13H2,1-2H3. The van der Waals surface area contributed by atoms with E-state index in [0.29, 0.717) is 13.2 Å². The summed E-state index contributed by atoms with van der Waals surface area (Å²) in [6, 6.07) is 8.05. The Hall–Kier alpha value is -1.06. The molecule has 1 N–H and O–H groups in total. The van der Waals surface area contributed by atoms with Crippen molar-refractivity contribution in [1.82, 2.24) is 0 Å². The summed E-state index contributed by atoms with van der Waals surface area (Å²) in [5.41, 5.74) is 1.32. The minimum absolute atomic E-state index is 0.277. The van der Waals surface area contributed by atoms with Crippen LogP contribution in [0.15, 0.2) is 24.3 Å². The number of aliphatic hydroxyl groups is 1. The van der Waals surface area contributed by atoms with E-state index in [1.54, 1.807) is 0 Å². The smallest absolute Gasteiger partial charge is 0.119 e. The third kappa shape index (κ3) is 7.19. The van der Waals surface area contributed by atoms with Crippen molar-refractivity contribution in [3.63, 3.8) is 0 Å². The lowest BCUT2D eigenvalue weighted by molar-refractivity contribution is 0.0113. The zero-order chi connectivity index (χ0) is 13.9. The first kappa shape index (κ1) is 16.0. The summed E-state index contributed by atoms with van der Waals surface area (Å²) >= 11 is 0. The molecule has 0 spiro atoms. The van der Waals surface area contributed by atoms with Gasteiger partial charge in [-0.05, 0) is 30.5 Å². The van der Waals surface area contributed by atoms with Gasteiger partial charge in [0.2, 0.25) is 0 Å².